The summed E-state index contributed by atoms with van der Waals surface area (Å²) in [6, 6.07) is 5.98. The van der Waals surface area contributed by atoms with Gasteiger partial charge in [0.25, 0.3) is 0 Å². The van der Waals surface area contributed by atoms with Crippen LogP contribution >= 0.6 is 0 Å². The molecule has 0 aliphatic rings. The summed E-state index contributed by atoms with van der Waals surface area (Å²) in [6.45, 7) is 0.602. The van der Waals surface area contributed by atoms with Crippen molar-refractivity contribution >= 4 is 20.9 Å². The van der Waals surface area contributed by atoms with Gasteiger partial charge in [0.1, 0.15) is 0 Å². The standard InChI is InChI=1S/C13H19N3O2S/c1-15-19(17,18)7-5-10-2-3-13-12(8-10)11(4-6-14)9-16-13/h2-3,8-9,15-16H,4-7,14H2,1H3. The minimum atomic E-state index is -3.16. The van der Waals surface area contributed by atoms with Crippen LogP contribution in [0.4, 0.5) is 0 Å². The largest absolute Gasteiger partial charge is 0.361 e. The maximum Gasteiger partial charge on any atom is 0.211 e. The van der Waals surface area contributed by atoms with Gasteiger partial charge in [-0.1, -0.05) is 6.07 Å². The van der Waals surface area contributed by atoms with E-state index in [1.807, 2.05) is 24.4 Å². The molecule has 2 aromatic rings. The van der Waals surface area contributed by atoms with Gasteiger partial charge in [0.15, 0.2) is 0 Å². The van der Waals surface area contributed by atoms with Crippen LogP contribution in [-0.2, 0) is 22.9 Å². The Labute approximate surface area is 113 Å². The highest BCUT2D eigenvalue weighted by atomic mass is 32.2. The monoisotopic (exact) mass is 281 g/mol. The number of aryl methyl sites for hydroxylation is 1. The molecule has 0 fully saturated rings. The predicted molar refractivity (Wildman–Crippen MR) is 77.6 cm³/mol. The van der Waals surface area contributed by atoms with Gasteiger partial charge in [0, 0.05) is 17.1 Å². The first kappa shape index (κ1) is 14.0. The van der Waals surface area contributed by atoms with Crippen LogP contribution in [0.25, 0.3) is 10.9 Å². The van der Waals surface area contributed by atoms with Crippen molar-refractivity contribution in [2.45, 2.75) is 12.8 Å². The second-order valence-corrected chi connectivity index (χ2v) is 6.55. The van der Waals surface area contributed by atoms with Crippen molar-refractivity contribution in [2.24, 2.45) is 5.73 Å². The van der Waals surface area contributed by atoms with Gasteiger partial charge < -0.3 is 10.7 Å². The SMILES string of the molecule is CNS(=O)(=O)CCc1ccc2[nH]cc(CCN)c2c1. The van der Waals surface area contributed by atoms with E-state index in [2.05, 4.69) is 9.71 Å². The number of aromatic amines is 1. The molecule has 0 saturated carbocycles. The fraction of sp³-hybridized carbons (Fsp3) is 0.385. The summed E-state index contributed by atoms with van der Waals surface area (Å²) in [6.07, 6.45) is 3.29. The molecule has 2 rings (SSSR count). The molecule has 0 bridgehead atoms. The number of sulfonamides is 1. The Morgan fingerprint density at radius 1 is 1.32 bits per heavy atom. The molecule has 0 amide bonds. The average Bonchev–Trinajstić information content (AvgIpc) is 2.80. The summed E-state index contributed by atoms with van der Waals surface area (Å²) in [5, 5.41) is 1.13. The summed E-state index contributed by atoms with van der Waals surface area (Å²) in [5.41, 5.74) is 8.83. The zero-order valence-electron chi connectivity index (χ0n) is 10.9. The lowest BCUT2D eigenvalue weighted by atomic mass is 10.1. The van der Waals surface area contributed by atoms with E-state index in [1.165, 1.54) is 12.6 Å². The van der Waals surface area contributed by atoms with Gasteiger partial charge in [0.2, 0.25) is 10.0 Å². The van der Waals surface area contributed by atoms with Crippen LogP contribution in [-0.4, -0.2) is 32.7 Å². The molecule has 0 aliphatic carbocycles. The number of hydrogen-bond donors (Lipinski definition) is 3. The molecule has 104 valence electrons. The number of H-pyrrole nitrogens is 1. The molecule has 0 saturated heterocycles. The summed E-state index contributed by atoms with van der Waals surface area (Å²) < 4.78 is 25.2. The first-order valence-electron chi connectivity index (χ1n) is 6.26. The van der Waals surface area contributed by atoms with Crippen LogP contribution < -0.4 is 10.5 Å². The third-order valence-electron chi connectivity index (χ3n) is 3.22. The zero-order valence-corrected chi connectivity index (χ0v) is 11.8. The van der Waals surface area contributed by atoms with Crippen LogP contribution in [0, 0.1) is 0 Å². The minimum absolute atomic E-state index is 0.103. The van der Waals surface area contributed by atoms with E-state index < -0.39 is 10.0 Å². The molecule has 0 radical (unpaired) electrons. The van der Waals surface area contributed by atoms with Gasteiger partial charge in [-0.05, 0) is 49.7 Å². The number of rotatable bonds is 6. The summed E-state index contributed by atoms with van der Waals surface area (Å²) >= 11 is 0. The third-order valence-corrected chi connectivity index (χ3v) is 4.58. The number of fused-ring (bicyclic) bond motifs is 1. The Bertz CT molecular complexity index is 662. The predicted octanol–water partition coefficient (Wildman–Crippen LogP) is 0.761. The van der Waals surface area contributed by atoms with Gasteiger partial charge in [-0.3, -0.25) is 0 Å². The van der Waals surface area contributed by atoms with E-state index in [0.29, 0.717) is 13.0 Å². The van der Waals surface area contributed by atoms with Crippen molar-refractivity contribution in [3.05, 3.63) is 35.5 Å². The van der Waals surface area contributed by atoms with Crippen LogP contribution in [0.2, 0.25) is 0 Å². The minimum Gasteiger partial charge on any atom is -0.361 e. The number of nitrogens with one attached hydrogen (secondary N) is 2. The third kappa shape index (κ3) is 3.34. The second-order valence-electron chi connectivity index (χ2n) is 4.51. The maximum atomic E-state index is 11.4. The van der Waals surface area contributed by atoms with E-state index >= 15 is 0 Å². The molecule has 4 N–H and O–H groups in total. The number of aromatic nitrogens is 1. The molecule has 0 atom stereocenters. The highest BCUT2D eigenvalue weighted by Crippen LogP contribution is 2.20. The molecule has 1 aromatic carbocycles. The van der Waals surface area contributed by atoms with Gasteiger partial charge in [0.05, 0.1) is 5.75 Å². The molecule has 19 heavy (non-hydrogen) atoms. The molecule has 0 unspecified atom stereocenters. The Balaban J connectivity index is 2.23. The van der Waals surface area contributed by atoms with Crippen molar-refractivity contribution < 1.29 is 8.42 Å². The molecular formula is C13H19N3O2S. The van der Waals surface area contributed by atoms with Crippen molar-refractivity contribution in [3.63, 3.8) is 0 Å². The Kier molecular flexibility index (Phi) is 4.24. The van der Waals surface area contributed by atoms with Gasteiger partial charge in [-0.15, -0.1) is 0 Å². The molecule has 1 aromatic heterocycles. The Morgan fingerprint density at radius 3 is 2.79 bits per heavy atom. The lowest BCUT2D eigenvalue weighted by molar-refractivity contribution is 0.587. The van der Waals surface area contributed by atoms with Crippen molar-refractivity contribution in [3.8, 4) is 0 Å². The molecule has 5 nitrogen and oxygen atoms in total. The normalized spacial score (nSPS) is 12.1. The Hall–Kier alpha value is -1.37. The molecule has 0 aliphatic heterocycles. The highest BCUT2D eigenvalue weighted by Gasteiger charge is 2.09. The molecular weight excluding hydrogens is 262 g/mol. The smallest absolute Gasteiger partial charge is 0.211 e. The second kappa shape index (κ2) is 5.73. The van der Waals surface area contributed by atoms with E-state index in [9.17, 15) is 8.42 Å². The van der Waals surface area contributed by atoms with E-state index in [1.54, 1.807) is 0 Å². The molecule has 6 heteroatoms. The number of nitrogens with two attached hydrogens (primary N) is 1. The summed E-state index contributed by atoms with van der Waals surface area (Å²) in [4.78, 5) is 3.20. The van der Waals surface area contributed by atoms with E-state index in [4.69, 9.17) is 5.73 Å². The summed E-state index contributed by atoms with van der Waals surface area (Å²) in [7, 11) is -1.72. The first-order valence-corrected chi connectivity index (χ1v) is 7.91. The number of benzene rings is 1. The molecule has 1 heterocycles. The van der Waals surface area contributed by atoms with Gasteiger partial charge in [-0.2, -0.15) is 0 Å². The fourth-order valence-corrected chi connectivity index (χ4v) is 2.81. The molecule has 0 spiro atoms. The highest BCUT2D eigenvalue weighted by molar-refractivity contribution is 7.89. The maximum absolute atomic E-state index is 11.4. The number of hydrogen-bond acceptors (Lipinski definition) is 3. The van der Waals surface area contributed by atoms with E-state index in [0.717, 1.165) is 22.9 Å². The van der Waals surface area contributed by atoms with Crippen molar-refractivity contribution in [1.29, 1.82) is 0 Å². The topological polar surface area (TPSA) is 88.0 Å². The van der Waals surface area contributed by atoms with Crippen molar-refractivity contribution in [1.82, 2.24) is 9.71 Å². The van der Waals surface area contributed by atoms with Crippen LogP contribution in [0.15, 0.2) is 24.4 Å². The quantitative estimate of drug-likeness (QED) is 0.730. The van der Waals surface area contributed by atoms with Crippen LogP contribution in [0.1, 0.15) is 11.1 Å². The average molecular weight is 281 g/mol. The van der Waals surface area contributed by atoms with Gasteiger partial charge >= 0.3 is 0 Å². The van der Waals surface area contributed by atoms with Gasteiger partial charge in [-0.25, -0.2) is 13.1 Å². The zero-order chi connectivity index (χ0) is 13.9. The van der Waals surface area contributed by atoms with Crippen LogP contribution in [0.5, 0.6) is 0 Å². The fourth-order valence-electron chi connectivity index (χ4n) is 2.10. The summed E-state index contributed by atoms with van der Waals surface area (Å²) in [5.74, 6) is 0.103. The lowest BCUT2D eigenvalue weighted by Crippen LogP contribution is -2.23. The van der Waals surface area contributed by atoms with Crippen LogP contribution in [0.3, 0.4) is 0 Å². The Morgan fingerprint density at radius 2 is 2.11 bits per heavy atom. The first-order chi connectivity index (χ1) is 9.05. The lowest BCUT2D eigenvalue weighted by Gasteiger charge is -2.04. The van der Waals surface area contributed by atoms with Crippen molar-refractivity contribution in [2.75, 3.05) is 19.3 Å². The van der Waals surface area contributed by atoms with E-state index in [-0.39, 0.29) is 5.75 Å².